The summed E-state index contributed by atoms with van der Waals surface area (Å²) in [4.78, 5) is 23.3. The number of benzene rings is 1. The molecule has 1 amide bonds. The topological polar surface area (TPSA) is 107 Å². The Balaban J connectivity index is 1.97. The molecular formula is C16H22N2O5S. The highest BCUT2D eigenvalue weighted by molar-refractivity contribution is 7.89. The van der Waals surface area contributed by atoms with Gasteiger partial charge in [0, 0.05) is 12.1 Å². The van der Waals surface area contributed by atoms with Crippen LogP contribution in [0.3, 0.4) is 0 Å². The fourth-order valence-corrected chi connectivity index (χ4v) is 4.44. The predicted molar refractivity (Wildman–Crippen MR) is 88.6 cm³/mol. The Kier molecular flexibility index (Phi) is 5.95. The summed E-state index contributed by atoms with van der Waals surface area (Å²) >= 11 is 0. The molecule has 0 bridgehead atoms. The molecule has 1 unspecified atom stereocenters. The Morgan fingerprint density at radius 2 is 1.96 bits per heavy atom. The number of rotatable bonds is 7. The van der Waals surface area contributed by atoms with Gasteiger partial charge in [-0.05, 0) is 37.0 Å². The lowest BCUT2D eigenvalue weighted by atomic mass is 10.1. The summed E-state index contributed by atoms with van der Waals surface area (Å²) in [6.45, 7) is 2.17. The molecule has 0 saturated carbocycles. The number of esters is 1. The molecule has 2 N–H and O–H groups in total. The quantitative estimate of drug-likeness (QED) is 0.736. The highest BCUT2D eigenvalue weighted by Crippen LogP contribution is 2.23. The second kappa shape index (κ2) is 7.76. The third kappa shape index (κ3) is 4.33. The zero-order chi connectivity index (χ0) is 17.7. The van der Waals surface area contributed by atoms with Crippen molar-refractivity contribution < 1.29 is 22.7 Å². The average Bonchev–Trinajstić information content (AvgIpc) is 3.03. The van der Waals surface area contributed by atoms with Crippen LogP contribution in [0, 0.1) is 0 Å². The van der Waals surface area contributed by atoms with E-state index in [-0.39, 0.29) is 12.4 Å². The molecule has 1 aliphatic heterocycles. The SMILES string of the molecule is CCCS(=O)(=O)N1CCCC1C(=O)OCc1ccc(C(N)=O)cc1. The van der Waals surface area contributed by atoms with E-state index in [0.29, 0.717) is 36.9 Å². The van der Waals surface area contributed by atoms with Crippen molar-refractivity contribution in [3.05, 3.63) is 35.4 Å². The number of carbonyl (C=O) groups excluding carboxylic acids is 2. The monoisotopic (exact) mass is 354 g/mol. The molecule has 0 spiro atoms. The number of primary amides is 1. The third-order valence-corrected chi connectivity index (χ3v) is 5.99. The highest BCUT2D eigenvalue weighted by atomic mass is 32.2. The van der Waals surface area contributed by atoms with E-state index in [0.717, 1.165) is 0 Å². The van der Waals surface area contributed by atoms with Gasteiger partial charge in [-0.3, -0.25) is 9.59 Å². The summed E-state index contributed by atoms with van der Waals surface area (Å²) in [5, 5.41) is 0. The maximum Gasteiger partial charge on any atom is 0.324 e. The molecule has 7 nitrogen and oxygen atoms in total. The maximum atomic E-state index is 12.3. The number of carbonyl (C=O) groups is 2. The lowest BCUT2D eigenvalue weighted by Gasteiger charge is -2.22. The summed E-state index contributed by atoms with van der Waals surface area (Å²) in [5.74, 6) is -1.03. The second-order valence-electron chi connectivity index (χ2n) is 5.75. The van der Waals surface area contributed by atoms with E-state index in [2.05, 4.69) is 0 Å². The van der Waals surface area contributed by atoms with Crippen LogP contribution >= 0.6 is 0 Å². The largest absolute Gasteiger partial charge is 0.460 e. The molecule has 1 saturated heterocycles. The summed E-state index contributed by atoms with van der Waals surface area (Å²) < 4.78 is 30.9. The van der Waals surface area contributed by atoms with Gasteiger partial charge in [-0.2, -0.15) is 4.31 Å². The first kappa shape index (κ1) is 18.4. The van der Waals surface area contributed by atoms with Gasteiger partial charge in [0.15, 0.2) is 0 Å². The van der Waals surface area contributed by atoms with Gasteiger partial charge in [0.25, 0.3) is 0 Å². The van der Waals surface area contributed by atoms with Crippen LogP contribution in [0.5, 0.6) is 0 Å². The molecule has 1 fully saturated rings. The number of sulfonamides is 1. The predicted octanol–water partition coefficient (Wildman–Crippen LogP) is 1.03. The third-order valence-electron chi connectivity index (χ3n) is 3.91. The van der Waals surface area contributed by atoms with Crippen molar-refractivity contribution in [3.8, 4) is 0 Å². The fourth-order valence-electron chi connectivity index (χ4n) is 2.70. The van der Waals surface area contributed by atoms with Gasteiger partial charge in [0.2, 0.25) is 15.9 Å². The zero-order valence-electron chi connectivity index (χ0n) is 13.6. The number of hydrogen-bond donors (Lipinski definition) is 1. The van der Waals surface area contributed by atoms with Crippen molar-refractivity contribution in [3.63, 3.8) is 0 Å². The Morgan fingerprint density at radius 1 is 1.29 bits per heavy atom. The molecule has 0 aliphatic carbocycles. The van der Waals surface area contributed by atoms with Gasteiger partial charge in [-0.1, -0.05) is 19.1 Å². The molecule has 2 rings (SSSR count). The van der Waals surface area contributed by atoms with Crippen molar-refractivity contribution in [2.75, 3.05) is 12.3 Å². The molecule has 132 valence electrons. The number of hydrogen-bond acceptors (Lipinski definition) is 5. The number of nitrogens with zero attached hydrogens (tertiary/aromatic N) is 1. The smallest absolute Gasteiger partial charge is 0.324 e. The van der Waals surface area contributed by atoms with E-state index in [1.165, 1.54) is 4.31 Å². The molecule has 1 atom stereocenters. The Morgan fingerprint density at radius 3 is 2.54 bits per heavy atom. The van der Waals surface area contributed by atoms with Crippen LogP contribution < -0.4 is 5.73 Å². The fraction of sp³-hybridized carbons (Fsp3) is 0.500. The van der Waals surface area contributed by atoms with Crippen molar-refractivity contribution in [1.82, 2.24) is 4.31 Å². The minimum atomic E-state index is -3.42. The molecule has 0 radical (unpaired) electrons. The summed E-state index contributed by atoms with van der Waals surface area (Å²) in [6.07, 6.45) is 1.63. The molecular weight excluding hydrogens is 332 g/mol. The first-order valence-corrected chi connectivity index (χ1v) is 9.51. The highest BCUT2D eigenvalue weighted by Gasteiger charge is 2.39. The van der Waals surface area contributed by atoms with Crippen LogP contribution in [-0.2, 0) is 26.2 Å². The minimum absolute atomic E-state index is 0.0238. The van der Waals surface area contributed by atoms with Gasteiger partial charge in [0.05, 0.1) is 5.75 Å². The van der Waals surface area contributed by atoms with Crippen LogP contribution in [0.15, 0.2) is 24.3 Å². The number of ether oxygens (including phenoxy) is 1. The van der Waals surface area contributed by atoms with Crippen LogP contribution in [-0.4, -0.2) is 42.9 Å². The van der Waals surface area contributed by atoms with E-state index in [9.17, 15) is 18.0 Å². The molecule has 1 aromatic rings. The van der Waals surface area contributed by atoms with Gasteiger partial charge in [-0.15, -0.1) is 0 Å². The number of nitrogens with two attached hydrogens (primary N) is 1. The van der Waals surface area contributed by atoms with E-state index < -0.39 is 27.9 Å². The van der Waals surface area contributed by atoms with Gasteiger partial charge in [0.1, 0.15) is 12.6 Å². The van der Waals surface area contributed by atoms with E-state index in [1.54, 1.807) is 31.2 Å². The summed E-state index contributed by atoms with van der Waals surface area (Å²) in [7, 11) is -3.42. The normalized spacial score (nSPS) is 18.5. The standard InChI is InChI=1S/C16H22N2O5S/c1-2-10-24(21,22)18-9-3-4-14(18)16(20)23-11-12-5-7-13(8-6-12)15(17)19/h5-8,14H,2-4,9-11H2,1H3,(H2,17,19). The molecule has 24 heavy (non-hydrogen) atoms. The van der Waals surface area contributed by atoms with Crippen LogP contribution in [0.1, 0.15) is 42.1 Å². The molecule has 8 heteroatoms. The first-order chi connectivity index (χ1) is 11.3. The minimum Gasteiger partial charge on any atom is -0.460 e. The van der Waals surface area contributed by atoms with E-state index in [4.69, 9.17) is 10.5 Å². The Labute approximate surface area is 141 Å². The molecule has 1 aromatic carbocycles. The summed E-state index contributed by atoms with van der Waals surface area (Å²) in [6, 6.07) is 5.66. The second-order valence-corrected chi connectivity index (χ2v) is 7.79. The zero-order valence-corrected chi connectivity index (χ0v) is 14.4. The van der Waals surface area contributed by atoms with Gasteiger partial charge < -0.3 is 10.5 Å². The lowest BCUT2D eigenvalue weighted by Crippen LogP contribution is -2.42. The molecule has 0 aromatic heterocycles. The van der Waals surface area contributed by atoms with E-state index >= 15 is 0 Å². The average molecular weight is 354 g/mol. The van der Waals surface area contributed by atoms with E-state index in [1.807, 2.05) is 0 Å². The first-order valence-electron chi connectivity index (χ1n) is 7.90. The van der Waals surface area contributed by atoms with Crippen molar-refractivity contribution in [2.45, 2.75) is 38.8 Å². The number of amides is 1. The van der Waals surface area contributed by atoms with Gasteiger partial charge in [-0.25, -0.2) is 8.42 Å². The van der Waals surface area contributed by atoms with Crippen LogP contribution in [0.25, 0.3) is 0 Å². The molecule has 1 aliphatic rings. The van der Waals surface area contributed by atoms with Crippen molar-refractivity contribution in [1.29, 1.82) is 0 Å². The van der Waals surface area contributed by atoms with Crippen molar-refractivity contribution in [2.24, 2.45) is 5.73 Å². The Hall–Kier alpha value is -1.93. The van der Waals surface area contributed by atoms with Crippen LogP contribution in [0.4, 0.5) is 0 Å². The maximum absolute atomic E-state index is 12.3. The van der Waals surface area contributed by atoms with Gasteiger partial charge >= 0.3 is 5.97 Å². The summed E-state index contributed by atoms with van der Waals surface area (Å²) in [5.41, 5.74) is 6.24. The lowest BCUT2D eigenvalue weighted by molar-refractivity contribution is -0.148. The van der Waals surface area contributed by atoms with Crippen molar-refractivity contribution >= 4 is 21.9 Å². The van der Waals surface area contributed by atoms with Crippen LogP contribution in [0.2, 0.25) is 0 Å². The molecule has 1 heterocycles. The Bertz CT molecular complexity index is 700.